The summed E-state index contributed by atoms with van der Waals surface area (Å²) in [5, 5.41) is 22.1. The van der Waals surface area contributed by atoms with Crippen molar-refractivity contribution in [1.82, 2.24) is 0 Å². The summed E-state index contributed by atoms with van der Waals surface area (Å²) in [4.78, 5) is 12.5. The number of nitriles is 1. The number of fused-ring (bicyclic) bond motifs is 5. The second kappa shape index (κ2) is 7.41. The van der Waals surface area contributed by atoms with Crippen LogP contribution in [-0.2, 0) is 19.0 Å². The SMILES string of the molecule is CCOC(=O)C(C#N)=C1CC[C@H]2[C@@H]3CC=C4CC5(CC[C@]4(C)[C@@]3(O)CC[C@]12C)OCCO5. The maximum absolute atomic E-state index is 12.5. The zero-order valence-corrected chi connectivity index (χ0v) is 19.5. The average Bonchev–Trinajstić information content (AvgIpc) is 3.36. The first-order valence-corrected chi connectivity index (χ1v) is 12.2. The number of ether oxygens (including phenoxy) is 3. The van der Waals surface area contributed by atoms with Gasteiger partial charge in [-0.05, 0) is 68.3 Å². The van der Waals surface area contributed by atoms with Crippen molar-refractivity contribution < 1.29 is 24.1 Å². The quantitative estimate of drug-likeness (QED) is 0.299. The highest BCUT2D eigenvalue weighted by Crippen LogP contribution is 2.68. The molecule has 1 spiro atoms. The lowest BCUT2D eigenvalue weighted by atomic mass is 9.45. The van der Waals surface area contributed by atoms with Crippen molar-refractivity contribution in [3.8, 4) is 6.07 Å². The van der Waals surface area contributed by atoms with Crippen LogP contribution in [0.15, 0.2) is 22.8 Å². The van der Waals surface area contributed by atoms with E-state index >= 15 is 0 Å². The topological polar surface area (TPSA) is 88.8 Å². The molecule has 6 nitrogen and oxygen atoms in total. The van der Waals surface area contributed by atoms with E-state index in [0.717, 1.165) is 50.5 Å². The van der Waals surface area contributed by atoms with Crippen LogP contribution < -0.4 is 0 Å². The first kappa shape index (κ1) is 22.1. The monoisotopic (exact) mass is 441 g/mol. The Morgan fingerprint density at radius 3 is 2.66 bits per heavy atom. The summed E-state index contributed by atoms with van der Waals surface area (Å²) < 4.78 is 17.2. The summed E-state index contributed by atoms with van der Waals surface area (Å²) in [6.45, 7) is 7.76. The van der Waals surface area contributed by atoms with Gasteiger partial charge in [-0.15, -0.1) is 0 Å². The molecule has 1 heterocycles. The molecule has 3 saturated carbocycles. The maximum atomic E-state index is 12.5. The summed E-state index contributed by atoms with van der Waals surface area (Å²) >= 11 is 0. The molecule has 0 unspecified atom stereocenters. The Balaban J connectivity index is 1.49. The van der Waals surface area contributed by atoms with E-state index in [-0.39, 0.29) is 34.8 Å². The zero-order valence-electron chi connectivity index (χ0n) is 19.5. The van der Waals surface area contributed by atoms with E-state index in [0.29, 0.717) is 19.6 Å². The molecule has 1 N–H and O–H groups in total. The van der Waals surface area contributed by atoms with E-state index in [2.05, 4.69) is 26.0 Å². The fourth-order valence-corrected chi connectivity index (χ4v) is 7.95. The van der Waals surface area contributed by atoms with Crippen LogP contribution in [0.1, 0.15) is 72.1 Å². The van der Waals surface area contributed by atoms with Gasteiger partial charge < -0.3 is 19.3 Å². The Morgan fingerprint density at radius 1 is 1.22 bits per heavy atom. The van der Waals surface area contributed by atoms with E-state index in [1.807, 2.05) is 0 Å². The number of hydrogen-bond acceptors (Lipinski definition) is 6. The highest BCUT2D eigenvalue weighted by atomic mass is 16.7. The van der Waals surface area contributed by atoms with E-state index in [9.17, 15) is 15.2 Å². The molecule has 174 valence electrons. The van der Waals surface area contributed by atoms with Crippen LogP contribution in [0.25, 0.3) is 0 Å². The number of hydrogen-bond donors (Lipinski definition) is 1. The van der Waals surface area contributed by atoms with Crippen molar-refractivity contribution in [3.63, 3.8) is 0 Å². The normalized spacial score (nSPS) is 43.5. The van der Waals surface area contributed by atoms with E-state index in [1.54, 1.807) is 6.92 Å². The number of rotatable bonds is 2. The van der Waals surface area contributed by atoms with Gasteiger partial charge in [0.25, 0.3) is 0 Å². The van der Waals surface area contributed by atoms with Gasteiger partial charge in [-0.1, -0.05) is 25.5 Å². The lowest BCUT2D eigenvalue weighted by Crippen LogP contribution is -2.63. The van der Waals surface area contributed by atoms with Crippen molar-refractivity contribution in [1.29, 1.82) is 5.26 Å². The number of esters is 1. The minimum Gasteiger partial charge on any atom is -0.462 e. The second-order valence-electron chi connectivity index (χ2n) is 10.9. The van der Waals surface area contributed by atoms with Crippen molar-refractivity contribution in [3.05, 3.63) is 22.8 Å². The van der Waals surface area contributed by atoms with Gasteiger partial charge in [-0.25, -0.2) is 4.79 Å². The Kier molecular flexibility index (Phi) is 5.13. The van der Waals surface area contributed by atoms with E-state index < -0.39 is 17.4 Å². The molecular weight excluding hydrogens is 406 g/mol. The van der Waals surface area contributed by atoms with Crippen LogP contribution in [0, 0.1) is 34.0 Å². The highest BCUT2D eigenvalue weighted by molar-refractivity contribution is 5.94. The lowest BCUT2D eigenvalue weighted by Gasteiger charge is -2.63. The van der Waals surface area contributed by atoms with E-state index in [1.165, 1.54) is 5.57 Å². The Hall–Kier alpha value is -1.68. The number of carbonyl (C=O) groups excluding carboxylic acids is 1. The molecule has 0 bridgehead atoms. The molecule has 5 rings (SSSR count). The number of aliphatic hydroxyl groups is 1. The third-order valence-corrected chi connectivity index (χ3v) is 9.79. The second-order valence-corrected chi connectivity index (χ2v) is 10.9. The molecule has 0 aromatic rings. The molecule has 1 aliphatic heterocycles. The Morgan fingerprint density at radius 2 is 1.97 bits per heavy atom. The molecule has 0 aromatic heterocycles. The fraction of sp³-hybridized carbons (Fsp3) is 0.769. The summed E-state index contributed by atoms with van der Waals surface area (Å²) in [6, 6.07) is 2.15. The van der Waals surface area contributed by atoms with Crippen LogP contribution in [0.3, 0.4) is 0 Å². The zero-order chi connectivity index (χ0) is 22.8. The van der Waals surface area contributed by atoms with E-state index in [4.69, 9.17) is 14.2 Å². The molecule has 0 aromatic carbocycles. The van der Waals surface area contributed by atoms with Crippen molar-refractivity contribution in [2.24, 2.45) is 22.7 Å². The Labute approximate surface area is 190 Å². The first-order chi connectivity index (χ1) is 15.2. The molecule has 32 heavy (non-hydrogen) atoms. The van der Waals surface area contributed by atoms with Crippen molar-refractivity contribution in [2.45, 2.75) is 83.5 Å². The van der Waals surface area contributed by atoms with Gasteiger partial charge in [0.2, 0.25) is 0 Å². The number of allylic oxidation sites excluding steroid dienone is 2. The van der Waals surface area contributed by atoms with Gasteiger partial charge in [0, 0.05) is 18.3 Å². The average molecular weight is 442 g/mol. The van der Waals surface area contributed by atoms with Crippen LogP contribution in [0.2, 0.25) is 0 Å². The van der Waals surface area contributed by atoms with Gasteiger partial charge >= 0.3 is 5.97 Å². The fourth-order valence-electron chi connectivity index (χ4n) is 7.95. The van der Waals surface area contributed by atoms with Crippen LogP contribution in [0.5, 0.6) is 0 Å². The molecule has 4 aliphatic carbocycles. The van der Waals surface area contributed by atoms with Crippen molar-refractivity contribution in [2.75, 3.05) is 19.8 Å². The minimum absolute atomic E-state index is 0.120. The van der Waals surface area contributed by atoms with Gasteiger partial charge in [-0.2, -0.15) is 5.26 Å². The van der Waals surface area contributed by atoms with Crippen LogP contribution >= 0.6 is 0 Å². The lowest BCUT2D eigenvalue weighted by molar-refractivity contribution is -0.218. The standard InChI is InChI=1S/C26H35NO5/c1-4-30-22(28)18(16-27)19-7-8-20-21-6-5-17-15-25(31-13-14-32-25)11-10-24(17,3)26(21,29)12-9-23(19,20)2/h5,20-21,29H,4,6-15H2,1-3H3/t20-,21-,23+,24-,26+/m0/s1. The van der Waals surface area contributed by atoms with Gasteiger partial charge in [0.1, 0.15) is 11.6 Å². The minimum atomic E-state index is -0.784. The predicted molar refractivity (Wildman–Crippen MR) is 117 cm³/mol. The predicted octanol–water partition coefficient (Wildman–Crippen LogP) is 4.19. The van der Waals surface area contributed by atoms with Crippen LogP contribution in [0.4, 0.5) is 0 Å². The molecule has 6 heteroatoms. The smallest absolute Gasteiger partial charge is 0.348 e. The third kappa shape index (κ3) is 2.84. The molecule has 4 fully saturated rings. The molecule has 5 aliphatic rings. The van der Waals surface area contributed by atoms with Gasteiger partial charge in [0.05, 0.1) is 25.4 Å². The molecule has 0 radical (unpaired) electrons. The first-order valence-electron chi connectivity index (χ1n) is 12.2. The largest absolute Gasteiger partial charge is 0.462 e. The van der Waals surface area contributed by atoms with Gasteiger partial charge in [0.15, 0.2) is 5.79 Å². The summed E-state index contributed by atoms with van der Waals surface area (Å²) in [5.74, 6) is -0.630. The number of nitrogens with zero attached hydrogens (tertiary/aromatic N) is 1. The molecular formula is C26H35NO5. The number of carbonyl (C=O) groups is 1. The van der Waals surface area contributed by atoms with Crippen LogP contribution in [-0.4, -0.2) is 42.3 Å². The summed E-state index contributed by atoms with van der Waals surface area (Å²) in [5.41, 5.74) is 1.10. The Bertz CT molecular complexity index is 925. The molecule has 5 atom stereocenters. The molecule has 0 amide bonds. The summed E-state index contributed by atoms with van der Waals surface area (Å²) in [7, 11) is 0. The molecule has 1 saturated heterocycles. The third-order valence-electron chi connectivity index (χ3n) is 9.79. The van der Waals surface area contributed by atoms with Gasteiger partial charge in [-0.3, -0.25) is 0 Å². The highest BCUT2D eigenvalue weighted by Gasteiger charge is 2.66. The van der Waals surface area contributed by atoms with Crippen molar-refractivity contribution >= 4 is 5.97 Å². The maximum Gasteiger partial charge on any atom is 0.348 e. The summed E-state index contributed by atoms with van der Waals surface area (Å²) in [6.07, 6.45) is 8.67.